The molecule has 0 bridgehead atoms. The Kier molecular flexibility index (Phi) is 3.93. The van der Waals surface area contributed by atoms with E-state index < -0.39 is 22.9 Å². The second-order valence-corrected chi connectivity index (χ2v) is 10.1. The fourth-order valence-electron chi connectivity index (χ4n) is 7.68. The van der Waals surface area contributed by atoms with Gasteiger partial charge >= 0.3 is 0 Å². The third-order valence-corrected chi connectivity index (χ3v) is 8.84. The normalized spacial score (nSPS) is 54.3. The maximum Gasteiger partial charge on any atom is 0.254 e. The first-order valence-electron chi connectivity index (χ1n) is 10.2. The zero-order valence-electron chi connectivity index (χ0n) is 15.7. The maximum absolute atomic E-state index is 15.4. The molecule has 4 saturated carbocycles. The highest BCUT2D eigenvalue weighted by atomic mass is 19.3. The van der Waals surface area contributed by atoms with Gasteiger partial charge in [0.1, 0.15) is 5.78 Å². The van der Waals surface area contributed by atoms with E-state index in [2.05, 4.69) is 0 Å². The fourth-order valence-corrected chi connectivity index (χ4v) is 7.68. The molecule has 0 aromatic carbocycles. The molecule has 0 saturated heterocycles. The van der Waals surface area contributed by atoms with E-state index in [4.69, 9.17) is 0 Å². The molecule has 0 aromatic rings. The first-order chi connectivity index (χ1) is 11.6. The number of halogens is 2. The number of rotatable bonds is 1. The minimum absolute atomic E-state index is 0.0152. The Hall–Kier alpha value is -0.510. The van der Waals surface area contributed by atoms with Gasteiger partial charge in [-0.25, -0.2) is 8.78 Å². The standard InChI is InChI=1S/C21H32F2O2/c1-12(24)17-6-7-18-15-5-4-13-10-19(2,25)9-8-14(13)16(15)11-21(22,23)20(17,18)3/h13-18,25H,4-11H2,1-3H3/t13-,14+,15?,16-,17-,18+,19-,20-/m1/s1. The molecule has 0 radical (unpaired) electrons. The van der Waals surface area contributed by atoms with Crippen LogP contribution in [0.3, 0.4) is 0 Å². The largest absolute Gasteiger partial charge is 0.390 e. The summed E-state index contributed by atoms with van der Waals surface area (Å²) in [6.07, 6.45) is 5.83. The number of Topliss-reactive ketones (excluding diaryl/α,β-unsaturated/α-hetero) is 1. The van der Waals surface area contributed by atoms with Crippen LogP contribution in [0, 0.1) is 40.9 Å². The van der Waals surface area contributed by atoms with Crippen molar-refractivity contribution in [1.29, 1.82) is 0 Å². The van der Waals surface area contributed by atoms with Gasteiger partial charge in [-0.15, -0.1) is 0 Å². The molecule has 0 heterocycles. The van der Waals surface area contributed by atoms with Crippen LogP contribution in [0.2, 0.25) is 0 Å². The van der Waals surface area contributed by atoms with E-state index in [1.165, 1.54) is 6.92 Å². The smallest absolute Gasteiger partial charge is 0.254 e. The predicted molar refractivity (Wildman–Crippen MR) is 92.2 cm³/mol. The molecule has 4 heteroatoms. The zero-order chi connectivity index (χ0) is 18.2. The van der Waals surface area contributed by atoms with Crippen molar-refractivity contribution < 1.29 is 18.7 Å². The Morgan fingerprint density at radius 2 is 1.68 bits per heavy atom. The molecule has 0 spiro atoms. The quantitative estimate of drug-likeness (QED) is 0.731. The molecule has 1 N–H and O–H groups in total. The van der Waals surface area contributed by atoms with Crippen molar-refractivity contribution in [3.63, 3.8) is 0 Å². The number of hydrogen-bond acceptors (Lipinski definition) is 2. The Morgan fingerprint density at radius 3 is 2.36 bits per heavy atom. The lowest BCUT2D eigenvalue weighted by Gasteiger charge is -2.59. The van der Waals surface area contributed by atoms with Crippen LogP contribution in [-0.2, 0) is 4.79 Å². The average Bonchev–Trinajstić information content (AvgIpc) is 2.85. The third kappa shape index (κ3) is 2.45. The number of carbonyl (C=O) groups excluding carboxylic acids is 1. The van der Waals surface area contributed by atoms with Crippen LogP contribution in [-0.4, -0.2) is 22.4 Å². The van der Waals surface area contributed by atoms with Gasteiger partial charge in [-0.1, -0.05) is 6.92 Å². The first-order valence-corrected chi connectivity index (χ1v) is 10.2. The molecule has 4 aliphatic rings. The maximum atomic E-state index is 15.4. The van der Waals surface area contributed by atoms with Crippen molar-refractivity contribution in [3.8, 4) is 0 Å². The minimum atomic E-state index is -2.76. The van der Waals surface area contributed by atoms with E-state index in [-0.39, 0.29) is 24.0 Å². The van der Waals surface area contributed by atoms with Gasteiger partial charge in [0.2, 0.25) is 0 Å². The van der Waals surface area contributed by atoms with E-state index in [1.54, 1.807) is 6.92 Å². The highest BCUT2D eigenvalue weighted by Gasteiger charge is 2.69. The lowest BCUT2D eigenvalue weighted by atomic mass is 9.47. The molecule has 1 unspecified atom stereocenters. The molecule has 142 valence electrons. The van der Waals surface area contributed by atoms with E-state index in [0.717, 1.165) is 38.5 Å². The number of fused-ring (bicyclic) bond motifs is 5. The molecule has 8 atom stereocenters. The Bertz CT molecular complexity index is 572. The highest BCUT2D eigenvalue weighted by molar-refractivity contribution is 5.79. The van der Waals surface area contributed by atoms with Crippen molar-refractivity contribution in [2.75, 3.05) is 0 Å². The Morgan fingerprint density at radius 1 is 0.960 bits per heavy atom. The summed E-state index contributed by atoms with van der Waals surface area (Å²) in [7, 11) is 0. The molecule has 0 aromatic heterocycles. The van der Waals surface area contributed by atoms with E-state index in [0.29, 0.717) is 24.2 Å². The Labute approximate surface area is 149 Å². The zero-order valence-corrected chi connectivity index (χ0v) is 15.7. The topological polar surface area (TPSA) is 37.3 Å². The van der Waals surface area contributed by atoms with Crippen LogP contribution in [0.1, 0.15) is 72.1 Å². The molecule has 25 heavy (non-hydrogen) atoms. The van der Waals surface area contributed by atoms with Gasteiger partial charge in [0.15, 0.2) is 0 Å². The number of hydrogen-bond donors (Lipinski definition) is 1. The highest BCUT2D eigenvalue weighted by Crippen LogP contribution is 2.69. The van der Waals surface area contributed by atoms with Gasteiger partial charge < -0.3 is 5.11 Å². The summed E-state index contributed by atoms with van der Waals surface area (Å²) in [5.41, 5.74) is -1.76. The number of alkyl halides is 2. The molecule has 4 aliphatic carbocycles. The predicted octanol–water partition coefficient (Wildman–Crippen LogP) is 4.84. The number of aliphatic hydroxyl groups is 1. The van der Waals surface area contributed by atoms with Crippen LogP contribution in [0.25, 0.3) is 0 Å². The summed E-state index contributed by atoms with van der Waals surface area (Å²) >= 11 is 0. The Balaban J connectivity index is 1.66. The lowest BCUT2D eigenvalue weighted by Crippen LogP contribution is -2.59. The van der Waals surface area contributed by atoms with E-state index >= 15 is 8.78 Å². The second-order valence-electron chi connectivity index (χ2n) is 10.1. The van der Waals surface area contributed by atoms with E-state index in [9.17, 15) is 9.90 Å². The molecular weight excluding hydrogens is 322 g/mol. The summed E-state index contributed by atoms with van der Waals surface area (Å²) in [4.78, 5) is 12.1. The second kappa shape index (κ2) is 5.50. The fraction of sp³-hybridized carbons (Fsp3) is 0.952. The van der Waals surface area contributed by atoms with E-state index in [1.807, 2.05) is 6.92 Å². The SMILES string of the molecule is CC(=O)[C@H]1CC[C@H]2C3CC[C@@H]4C[C@](C)(O)CC[C@@H]4[C@H]3CC(F)(F)[C@]12C. The third-order valence-electron chi connectivity index (χ3n) is 8.84. The number of ketones is 1. The molecule has 0 aliphatic heterocycles. The molecule has 2 nitrogen and oxygen atoms in total. The minimum Gasteiger partial charge on any atom is -0.390 e. The molecule has 4 fully saturated rings. The van der Waals surface area contributed by atoms with Crippen LogP contribution in [0.4, 0.5) is 8.78 Å². The van der Waals surface area contributed by atoms with Gasteiger partial charge in [0.05, 0.1) is 5.60 Å². The van der Waals surface area contributed by atoms with Crippen molar-refractivity contribution >= 4 is 5.78 Å². The summed E-state index contributed by atoms with van der Waals surface area (Å²) in [6.45, 7) is 5.11. The molecule has 4 rings (SSSR count). The molecule has 0 amide bonds. The monoisotopic (exact) mass is 354 g/mol. The lowest BCUT2D eigenvalue weighted by molar-refractivity contribution is -0.228. The van der Waals surface area contributed by atoms with Crippen LogP contribution >= 0.6 is 0 Å². The summed E-state index contributed by atoms with van der Waals surface area (Å²) in [5.74, 6) is -2.14. The summed E-state index contributed by atoms with van der Waals surface area (Å²) in [5, 5.41) is 10.4. The van der Waals surface area contributed by atoms with Crippen molar-refractivity contribution in [2.24, 2.45) is 40.9 Å². The van der Waals surface area contributed by atoms with Gasteiger partial charge in [0, 0.05) is 17.8 Å². The van der Waals surface area contributed by atoms with Crippen LogP contribution < -0.4 is 0 Å². The van der Waals surface area contributed by atoms with Crippen LogP contribution in [0.5, 0.6) is 0 Å². The van der Waals surface area contributed by atoms with Crippen molar-refractivity contribution in [1.82, 2.24) is 0 Å². The van der Waals surface area contributed by atoms with Gasteiger partial charge in [-0.3, -0.25) is 4.79 Å². The number of carbonyl (C=O) groups is 1. The van der Waals surface area contributed by atoms with Gasteiger partial charge in [0.25, 0.3) is 5.92 Å². The average molecular weight is 354 g/mol. The summed E-state index contributed by atoms with van der Waals surface area (Å²) < 4.78 is 30.9. The van der Waals surface area contributed by atoms with Gasteiger partial charge in [-0.2, -0.15) is 0 Å². The van der Waals surface area contributed by atoms with Crippen molar-refractivity contribution in [3.05, 3.63) is 0 Å². The summed E-state index contributed by atoms with van der Waals surface area (Å²) in [6, 6.07) is 0. The van der Waals surface area contributed by atoms with Gasteiger partial charge in [-0.05, 0) is 88.4 Å². The first kappa shape index (κ1) is 17.9. The van der Waals surface area contributed by atoms with Crippen molar-refractivity contribution in [2.45, 2.75) is 83.7 Å². The molecular formula is C21H32F2O2. The van der Waals surface area contributed by atoms with Crippen LogP contribution in [0.15, 0.2) is 0 Å².